The van der Waals surface area contributed by atoms with Crippen molar-refractivity contribution >= 4 is 17.6 Å². The predicted molar refractivity (Wildman–Crippen MR) is 81.3 cm³/mol. The van der Waals surface area contributed by atoms with Gasteiger partial charge in [0.25, 0.3) is 0 Å². The molecule has 21 heavy (non-hydrogen) atoms. The summed E-state index contributed by atoms with van der Waals surface area (Å²) in [5, 5.41) is 2.90. The number of anilines is 1. The normalized spacial score (nSPS) is 22.7. The lowest BCUT2D eigenvalue weighted by atomic mass is 9.91. The molecule has 1 unspecified atom stereocenters. The van der Waals surface area contributed by atoms with Crippen LogP contribution in [0, 0.1) is 0 Å². The molecule has 6 heteroatoms. The summed E-state index contributed by atoms with van der Waals surface area (Å²) in [4.78, 5) is 18.3. The minimum absolute atomic E-state index is 0.0406. The highest BCUT2D eigenvalue weighted by Gasteiger charge is 2.24. The lowest BCUT2D eigenvalue weighted by molar-refractivity contribution is -0.116. The van der Waals surface area contributed by atoms with Crippen LogP contribution in [0.5, 0.6) is 0 Å². The molecular formula is C15H20N4O2. The second-order valence-corrected chi connectivity index (χ2v) is 5.33. The molecule has 0 saturated carbocycles. The van der Waals surface area contributed by atoms with E-state index in [0.717, 1.165) is 24.3 Å². The average Bonchev–Trinajstić information content (AvgIpc) is 2.53. The summed E-state index contributed by atoms with van der Waals surface area (Å²) in [6.07, 6.45) is 0.455. The van der Waals surface area contributed by atoms with Crippen molar-refractivity contribution < 1.29 is 9.53 Å². The number of carbonyl (C=O) groups excluding carboxylic acids is 1. The SMILES string of the molecule is NC(=NCC1CC(=O)Nc2ccccc21)N1CCOCC1. The molecule has 1 amide bonds. The lowest BCUT2D eigenvalue weighted by Crippen LogP contribution is -2.45. The molecule has 2 aliphatic heterocycles. The summed E-state index contributed by atoms with van der Waals surface area (Å²) < 4.78 is 5.30. The number of para-hydroxylation sites is 1. The van der Waals surface area contributed by atoms with E-state index in [1.165, 1.54) is 0 Å². The molecule has 3 rings (SSSR count). The van der Waals surface area contributed by atoms with E-state index in [1.807, 2.05) is 29.2 Å². The Morgan fingerprint density at radius 1 is 1.38 bits per heavy atom. The van der Waals surface area contributed by atoms with E-state index >= 15 is 0 Å². The number of ether oxygens (including phenoxy) is 1. The van der Waals surface area contributed by atoms with Gasteiger partial charge in [0, 0.05) is 31.1 Å². The van der Waals surface area contributed by atoms with Crippen LogP contribution in [-0.4, -0.2) is 49.6 Å². The van der Waals surface area contributed by atoms with E-state index in [9.17, 15) is 4.79 Å². The second kappa shape index (κ2) is 6.13. The zero-order chi connectivity index (χ0) is 14.7. The fraction of sp³-hybridized carbons (Fsp3) is 0.467. The Morgan fingerprint density at radius 3 is 2.95 bits per heavy atom. The molecule has 1 fully saturated rings. The first kappa shape index (κ1) is 13.9. The number of amides is 1. The molecule has 1 saturated heterocycles. The van der Waals surface area contributed by atoms with Crippen LogP contribution < -0.4 is 11.1 Å². The smallest absolute Gasteiger partial charge is 0.225 e. The summed E-state index contributed by atoms with van der Waals surface area (Å²) >= 11 is 0. The van der Waals surface area contributed by atoms with Gasteiger partial charge >= 0.3 is 0 Å². The van der Waals surface area contributed by atoms with Crippen LogP contribution in [-0.2, 0) is 9.53 Å². The quantitative estimate of drug-likeness (QED) is 0.622. The van der Waals surface area contributed by atoms with Gasteiger partial charge in [-0.15, -0.1) is 0 Å². The summed E-state index contributed by atoms with van der Waals surface area (Å²) in [5.74, 6) is 0.676. The molecule has 1 aromatic rings. The molecule has 0 aromatic heterocycles. The van der Waals surface area contributed by atoms with Gasteiger partial charge in [-0.3, -0.25) is 9.79 Å². The molecule has 0 aliphatic carbocycles. The second-order valence-electron chi connectivity index (χ2n) is 5.33. The minimum Gasteiger partial charge on any atom is -0.378 e. The number of carbonyl (C=O) groups is 1. The van der Waals surface area contributed by atoms with Crippen molar-refractivity contribution in [2.75, 3.05) is 38.2 Å². The Labute approximate surface area is 124 Å². The molecule has 2 aliphatic rings. The maximum absolute atomic E-state index is 11.8. The number of fused-ring (bicyclic) bond motifs is 1. The Kier molecular flexibility index (Phi) is 4.06. The number of nitrogens with zero attached hydrogens (tertiary/aromatic N) is 2. The third-order valence-electron chi connectivity index (χ3n) is 3.92. The molecule has 0 bridgehead atoms. The van der Waals surface area contributed by atoms with E-state index < -0.39 is 0 Å². The van der Waals surface area contributed by atoms with Crippen molar-refractivity contribution in [3.63, 3.8) is 0 Å². The van der Waals surface area contributed by atoms with Gasteiger partial charge < -0.3 is 20.7 Å². The first-order valence-electron chi connectivity index (χ1n) is 7.25. The van der Waals surface area contributed by atoms with Gasteiger partial charge in [-0.2, -0.15) is 0 Å². The van der Waals surface area contributed by atoms with E-state index in [-0.39, 0.29) is 11.8 Å². The van der Waals surface area contributed by atoms with Crippen LogP contribution in [0.3, 0.4) is 0 Å². The van der Waals surface area contributed by atoms with Gasteiger partial charge in [0.15, 0.2) is 5.96 Å². The number of nitrogens with one attached hydrogen (secondary N) is 1. The third kappa shape index (κ3) is 3.16. The van der Waals surface area contributed by atoms with Crippen LogP contribution in [0.1, 0.15) is 17.9 Å². The Bertz CT molecular complexity index is 552. The van der Waals surface area contributed by atoms with Crippen molar-refractivity contribution in [2.24, 2.45) is 10.7 Å². The Balaban J connectivity index is 1.71. The number of benzene rings is 1. The molecule has 1 atom stereocenters. The zero-order valence-electron chi connectivity index (χ0n) is 11.9. The maximum atomic E-state index is 11.8. The predicted octanol–water partition coefficient (Wildman–Crippen LogP) is 0.759. The standard InChI is InChI=1S/C15H20N4O2/c16-15(19-5-7-21-8-6-19)17-10-11-9-14(20)18-13-4-2-1-3-12(11)13/h1-4,11H,5-10H2,(H2,16,17)(H,18,20). The fourth-order valence-corrected chi connectivity index (χ4v) is 2.76. The average molecular weight is 288 g/mol. The number of rotatable bonds is 2. The monoisotopic (exact) mass is 288 g/mol. The van der Waals surface area contributed by atoms with Crippen molar-refractivity contribution in [1.82, 2.24) is 4.90 Å². The Morgan fingerprint density at radius 2 is 2.14 bits per heavy atom. The Hall–Kier alpha value is -2.08. The van der Waals surface area contributed by atoms with E-state index in [0.29, 0.717) is 32.1 Å². The first-order valence-corrected chi connectivity index (χ1v) is 7.25. The number of hydrogen-bond acceptors (Lipinski definition) is 3. The number of nitrogens with two attached hydrogens (primary N) is 1. The molecular weight excluding hydrogens is 268 g/mol. The van der Waals surface area contributed by atoms with E-state index in [1.54, 1.807) is 0 Å². The summed E-state index contributed by atoms with van der Waals surface area (Å²) in [7, 11) is 0. The highest BCUT2D eigenvalue weighted by Crippen LogP contribution is 2.31. The summed E-state index contributed by atoms with van der Waals surface area (Å²) in [5.41, 5.74) is 8.06. The van der Waals surface area contributed by atoms with Crippen molar-refractivity contribution in [3.8, 4) is 0 Å². The van der Waals surface area contributed by atoms with Gasteiger partial charge in [0.05, 0.1) is 19.8 Å². The zero-order valence-corrected chi connectivity index (χ0v) is 11.9. The van der Waals surface area contributed by atoms with Gasteiger partial charge in [0.1, 0.15) is 0 Å². The number of hydrogen-bond donors (Lipinski definition) is 2. The van der Waals surface area contributed by atoms with Gasteiger partial charge in [-0.1, -0.05) is 18.2 Å². The first-order chi connectivity index (χ1) is 10.2. The van der Waals surface area contributed by atoms with Crippen molar-refractivity contribution in [1.29, 1.82) is 0 Å². The van der Waals surface area contributed by atoms with Crippen LogP contribution in [0.4, 0.5) is 5.69 Å². The maximum Gasteiger partial charge on any atom is 0.225 e. The van der Waals surface area contributed by atoms with Crippen LogP contribution in [0.25, 0.3) is 0 Å². The molecule has 112 valence electrons. The van der Waals surface area contributed by atoms with Crippen molar-refractivity contribution in [2.45, 2.75) is 12.3 Å². The van der Waals surface area contributed by atoms with E-state index in [2.05, 4.69) is 10.3 Å². The van der Waals surface area contributed by atoms with Crippen LogP contribution in [0.2, 0.25) is 0 Å². The highest BCUT2D eigenvalue weighted by atomic mass is 16.5. The molecule has 0 spiro atoms. The molecule has 3 N–H and O–H groups in total. The third-order valence-corrected chi connectivity index (χ3v) is 3.92. The molecule has 1 aromatic carbocycles. The number of aliphatic imine (C=N–C) groups is 1. The summed E-state index contributed by atoms with van der Waals surface area (Å²) in [6, 6.07) is 7.87. The van der Waals surface area contributed by atoms with Gasteiger partial charge in [-0.05, 0) is 11.6 Å². The largest absolute Gasteiger partial charge is 0.378 e. The highest BCUT2D eigenvalue weighted by molar-refractivity contribution is 5.94. The number of morpholine rings is 1. The number of guanidine groups is 1. The minimum atomic E-state index is 0.0406. The van der Waals surface area contributed by atoms with Gasteiger partial charge in [-0.25, -0.2) is 0 Å². The van der Waals surface area contributed by atoms with Crippen molar-refractivity contribution in [3.05, 3.63) is 29.8 Å². The fourth-order valence-electron chi connectivity index (χ4n) is 2.76. The van der Waals surface area contributed by atoms with E-state index in [4.69, 9.17) is 10.5 Å². The molecule has 6 nitrogen and oxygen atoms in total. The lowest BCUT2D eigenvalue weighted by Gasteiger charge is -2.28. The van der Waals surface area contributed by atoms with Crippen LogP contribution in [0.15, 0.2) is 29.3 Å². The topological polar surface area (TPSA) is 79.9 Å². The summed E-state index contributed by atoms with van der Waals surface area (Å²) in [6.45, 7) is 3.46. The van der Waals surface area contributed by atoms with Crippen LogP contribution >= 0.6 is 0 Å². The molecule has 2 heterocycles. The van der Waals surface area contributed by atoms with Gasteiger partial charge in [0.2, 0.25) is 5.91 Å². The molecule has 0 radical (unpaired) electrons.